The maximum Gasteiger partial charge on any atom is 0.248 e. The molecule has 0 saturated carbocycles. The van der Waals surface area contributed by atoms with Gasteiger partial charge in [0.1, 0.15) is 5.75 Å². The molecule has 1 amide bonds. The molecule has 3 aromatic rings. The van der Waals surface area contributed by atoms with Crippen LogP contribution in [-0.2, 0) is 0 Å². The maximum atomic E-state index is 11.0. The Morgan fingerprint density at radius 2 is 1.95 bits per heavy atom. The molecule has 0 aliphatic carbocycles. The molecule has 0 unspecified atom stereocenters. The largest absolute Gasteiger partial charge is 0.497 e. The van der Waals surface area contributed by atoms with Crippen LogP contribution in [0.2, 0.25) is 0 Å². The first-order chi connectivity index (χ1) is 10.7. The van der Waals surface area contributed by atoms with Gasteiger partial charge in [-0.3, -0.25) is 4.79 Å². The van der Waals surface area contributed by atoms with E-state index < -0.39 is 5.91 Å². The number of amides is 1. The Hall–Kier alpha value is -3.15. The molecule has 6 nitrogen and oxygen atoms in total. The first-order valence-electron chi connectivity index (χ1n) is 6.63. The molecule has 0 fully saturated rings. The van der Waals surface area contributed by atoms with Crippen LogP contribution in [0.3, 0.4) is 0 Å². The predicted molar refractivity (Wildman–Crippen MR) is 84.3 cm³/mol. The third kappa shape index (κ3) is 2.80. The molecule has 0 atom stereocenters. The van der Waals surface area contributed by atoms with E-state index in [0.29, 0.717) is 11.5 Å². The zero-order valence-corrected chi connectivity index (χ0v) is 11.9. The summed E-state index contributed by atoms with van der Waals surface area (Å²) in [6.07, 6.45) is 1.73. The average molecular weight is 294 g/mol. The lowest BCUT2D eigenvalue weighted by atomic mass is 10.2. The van der Waals surface area contributed by atoms with Crippen LogP contribution in [0.25, 0.3) is 10.9 Å². The standard InChI is InChI=1S/C16H14N4O2/c1-22-13-6-7-14-11(8-13)9-18-16(20-14)19-12-4-2-10(3-5-12)15(17)21/h2-9H,1H3,(H2,17,21)(H,18,19,20). The molecular formula is C16H14N4O2. The van der Waals surface area contributed by atoms with E-state index in [2.05, 4.69) is 15.3 Å². The lowest BCUT2D eigenvalue weighted by molar-refractivity contribution is 0.100. The van der Waals surface area contributed by atoms with E-state index in [9.17, 15) is 4.79 Å². The summed E-state index contributed by atoms with van der Waals surface area (Å²) < 4.78 is 5.17. The fraction of sp³-hybridized carbons (Fsp3) is 0.0625. The number of primary amides is 1. The van der Waals surface area contributed by atoms with Crippen molar-refractivity contribution in [2.45, 2.75) is 0 Å². The summed E-state index contributed by atoms with van der Waals surface area (Å²) in [5, 5.41) is 3.98. The molecule has 0 bridgehead atoms. The number of carbonyl (C=O) groups is 1. The summed E-state index contributed by atoms with van der Waals surface area (Å²) in [6.45, 7) is 0. The first kappa shape index (κ1) is 13.8. The summed E-state index contributed by atoms with van der Waals surface area (Å²) in [7, 11) is 1.62. The van der Waals surface area contributed by atoms with Crippen LogP contribution in [-0.4, -0.2) is 23.0 Å². The summed E-state index contributed by atoms with van der Waals surface area (Å²) in [5.74, 6) is 0.783. The Labute approximate surface area is 127 Å². The van der Waals surface area contributed by atoms with Crippen molar-refractivity contribution < 1.29 is 9.53 Å². The Morgan fingerprint density at radius 3 is 2.64 bits per heavy atom. The molecule has 3 N–H and O–H groups in total. The number of anilines is 2. The number of benzene rings is 2. The molecule has 2 aromatic carbocycles. The fourth-order valence-electron chi connectivity index (χ4n) is 2.05. The van der Waals surface area contributed by atoms with Gasteiger partial charge in [-0.2, -0.15) is 0 Å². The second-order valence-electron chi connectivity index (χ2n) is 4.68. The minimum absolute atomic E-state index is 0.456. The molecule has 22 heavy (non-hydrogen) atoms. The van der Waals surface area contributed by atoms with Crippen LogP contribution >= 0.6 is 0 Å². The van der Waals surface area contributed by atoms with Gasteiger partial charge in [0.15, 0.2) is 0 Å². The molecule has 0 aliphatic heterocycles. The van der Waals surface area contributed by atoms with Gasteiger partial charge in [-0.25, -0.2) is 9.97 Å². The van der Waals surface area contributed by atoms with Crippen molar-refractivity contribution in [3.8, 4) is 5.75 Å². The molecule has 3 rings (SSSR count). The van der Waals surface area contributed by atoms with Gasteiger partial charge in [0.25, 0.3) is 0 Å². The maximum absolute atomic E-state index is 11.0. The van der Waals surface area contributed by atoms with Gasteiger partial charge >= 0.3 is 0 Å². The second kappa shape index (κ2) is 5.69. The van der Waals surface area contributed by atoms with Crippen molar-refractivity contribution in [1.82, 2.24) is 9.97 Å². The minimum atomic E-state index is -0.456. The molecule has 1 heterocycles. The number of methoxy groups -OCH3 is 1. The topological polar surface area (TPSA) is 90.1 Å². The monoisotopic (exact) mass is 294 g/mol. The number of aromatic nitrogens is 2. The third-order valence-electron chi connectivity index (χ3n) is 3.21. The van der Waals surface area contributed by atoms with Crippen molar-refractivity contribution in [2.24, 2.45) is 5.73 Å². The van der Waals surface area contributed by atoms with Crippen LogP contribution in [0.1, 0.15) is 10.4 Å². The van der Waals surface area contributed by atoms with Gasteiger partial charge in [0, 0.05) is 22.8 Å². The average Bonchev–Trinajstić information content (AvgIpc) is 2.55. The third-order valence-corrected chi connectivity index (χ3v) is 3.21. The Kier molecular flexibility index (Phi) is 3.57. The zero-order chi connectivity index (χ0) is 15.5. The number of nitrogens with one attached hydrogen (secondary N) is 1. The van der Waals surface area contributed by atoms with E-state index in [-0.39, 0.29) is 0 Å². The quantitative estimate of drug-likeness (QED) is 0.771. The number of fused-ring (bicyclic) bond motifs is 1. The number of carbonyl (C=O) groups excluding carboxylic acids is 1. The van der Waals surface area contributed by atoms with Crippen molar-refractivity contribution in [3.05, 3.63) is 54.2 Å². The van der Waals surface area contributed by atoms with Crippen LogP contribution < -0.4 is 15.8 Å². The molecule has 6 heteroatoms. The molecule has 0 aliphatic rings. The van der Waals surface area contributed by atoms with E-state index >= 15 is 0 Å². The van der Waals surface area contributed by atoms with Crippen LogP contribution in [0.15, 0.2) is 48.7 Å². The highest BCUT2D eigenvalue weighted by atomic mass is 16.5. The van der Waals surface area contributed by atoms with Gasteiger partial charge < -0.3 is 15.8 Å². The number of nitrogens with two attached hydrogens (primary N) is 1. The Balaban J connectivity index is 1.85. The first-order valence-corrected chi connectivity index (χ1v) is 6.63. The van der Waals surface area contributed by atoms with E-state index in [1.54, 1.807) is 37.6 Å². The number of ether oxygens (including phenoxy) is 1. The van der Waals surface area contributed by atoms with E-state index in [0.717, 1.165) is 22.3 Å². The lowest BCUT2D eigenvalue weighted by Gasteiger charge is -2.07. The number of rotatable bonds is 4. The SMILES string of the molecule is COc1ccc2nc(Nc3ccc(C(N)=O)cc3)ncc2c1. The summed E-state index contributed by atoms with van der Waals surface area (Å²) >= 11 is 0. The van der Waals surface area contributed by atoms with Crippen LogP contribution in [0.4, 0.5) is 11.6 Å². The highest BCUT2D eigenvalue weighted by Gasteiger charge is 2.04. The second-order valence-corrected chi connectivity index (χ2v) is 4.68. The van der Waals surface area contributed by atoms with Crippen molar-refractivity contribution in [1.29, 1.82) is 0 Å². The molecule has 0 spiro atoms. The van der Waals surface area contributed by atoms with Gasteiger partial charge in [-0.1, -0.05) is 0 Å². The van der Waals surface area contributed by atoms with Gasteiger partial charge in [-0.05, 0) is 42.5 Å². The fourth-order valence-corrected chi connectivity index (χ4v) is 2.05. The Morgan fingerprint density at radius 1 is 1.18 bits per heavy atom. The summed E-state index contributed by atoms with van der Waals surface area (Å²) in [6, 6.07) is 12.4. The number of hydrogen-bond acceptors (Lipinski definition) is 5. The van der Waals surface area contributed by atoms with E-state index in [4.69, 9.17) is 10.5 Å². The molecule has 0 radical (unpaired) electrons. The Bertz CT molecular complexity index is 831. The van der Waals surface area contributed by atoms with Gasteiger partial charge in [0.05, 0.1) is 12.6 Å². The number of hydrogen-bond donors (Lipinski definition) is 2. The van der Waals surface area contributed by atoms with Crippen LogP contribution in [0, 0.1) is 0 Å². The summed E-state index contributed by atoms with van der Waals surface area (Å²) in [5.41, 5.74) is 7.25. The predicted octanol–water partition coefficient (Wildman–Crippen LogP) is 2.48. The number of nitrogens with zero attached hydrogens (tertiary/aromatic N) is 2. The van der Waals surface area contributed by atoms with Crippen molar-refractivity contribution >= 4 is 28.4 Å². The zero-order valence-electron chi connectivity index (χ0n) is 11.9. The molecule has 110 valence electrons. The highest BCUT2D eigenvalue weighted by molar-refractivity contribution is 5.93. The van der Waals surface area contributed by atoms with Crippen molar-refractivity contribution in [3.63, 3.8) is 0 Å². The smallest absolute Gasteiger partial charge is 0.248 e. The van der Waals surface area contributed by atoms with E-state index in [1.165, 1.54) is 0 Å². The molecular weight excluding hydrogens is 280 g/mol. The minimum Gasteiger partial charge on any atom is -0.497 e. The van der Waals surface area contributed by atoms with E-state index in [1.807, 2.05) is 18.2 Å². The lowest BCUT2D eigenvalue weighted by Crippen LogP contribution is -2.10. The molecule has 1 aromatic heterocycles. The highest BCUT2D eigenvalue weighted by Crippen LogP contribution is 2.21. The van der Waals surface area contributed by atoms with Gasteiger partial charge in [-0.15, -0.1) is 0 Å². The molecule has 0 saturated heterocycles. The van der Waals surface area contributed by atoms with Crippen molar-refractivity contribution in [2.75, 3.05) is 12.4 Å². The normalized spacial score (nSPS) is 10.4. The summed E-state index contributed by atoms with van der Waals surface area (Å²) in [4.78, 5) is 19.7. The van der Waals surface area contributed by atoms with Crippen LogP contribution in [0.5, 0.6) is 5.75 Å². The van der Waals surface area contributed by atoms with Gasteiger partial charge in [0.2, 0.25) is 11.9 Å².